The number of ether oxygens (including phenoxy) is 1. The van der Waals surface area contributed by atoms with E-state index >= 15 is 0 Å². The van der Waals surface area contributed by atoms with Crippen molar-refractivity contribution in [1.82, 2.24) is 15.0 Å². The van der Waals surface area contributed by atoms with Crippen LogP contribution >= 0.6 is 23.1 Å². The Bertz CT molecular complexity index is 897. The van der Waals surface area contributed by atoms with Crippen LogP contribution in [0.4, 0.5) is 5.13 Å². The van der Waals surface area contributed by atoms with Gasteiger partial charge < -0.3 is 10.1 Å². The van der Waals surface area contributed by atoms with Crippen molar-refractivity contribution < 1.29 is 9.53 Å². The molecular weight excluding hydrogens is 356 g/mol. The van der Waals surface area contributed by atoms with E-state index in [1.54, 1.807) is 7.11 Å². The molecule has 2 aromatic heterocycles. The highest BCUT2D eigenvalue weighted by Gasteiger charge is 2.20. The van der Waals surface area contributed by atoms with E-state index in [9.17, 15) is 4.79 Å². The van der Waals surface area contributed by atoms with Gasteiger partial charge in [-0.25, -0.2) is 15.0 Å². The fourth-order valence-electron chi connectivity index (χ4n) is 2.23. The largest absolute Gasteiger partial charge is 0.497 e. The molecule has 0 bridgehead atoms. The Morgan fingerprint density at radius 2 is 2.20 bits per heavy atom. The normalized spacial score (nSPS) is 12.1. The lowest BCUT2D eigenvalue weighted by atomic mass is 10.3. The number of rotatable bonds is 6. The van der Waals surface area contributed by atoms with Crippen LogP contribution in [0.15, 0.2) is 35.6 Å². The molecule has 0 aliphatic carbocycles. The van der Waals surface area contributed by atoms with Gasteiger partial charge in [-0.1, -0.05) is 30.0 Å². The van der Waals surface area contributed by atoms with Gasteiger partial charge in [-0.3, -0.25) is 4.79 Å². The van der Waals surface area contributed by atoms with Crippen LogP contribution in [-0.2, 0) is 4.79 Å². The second-order valence-corrected chi connectivity index (χ2v) is 7.61. The number of carbonyl (C=O) groups is 1. The lowest BCUT2D eigenvalue weighted by Crippen LogP contribution is -2.24. The van der Waals surface area contributed by atoms with Crippen molar-refractivity contribution in [3.05, 3.63) is 36.3 Å². The fourth-order valence-corrected chi connectivity index (χ4v) is 4.10. The molecule has 1 atom stereocenters. The minimum atomic E-state index is -0.240. The summed E-state index contributed by atoms with van der Waals surface area (Å²) in [5.41, 5.74) is 1.72. The third kappa shape index (κ3) is 4.26. The van der Waals surface area contributed by atoms with Crippen molar-refractivity contribution in [3.63, 3.8) is 0 Å². The van der Waals surface area contributed by atoms with Crippen molar-refractivity contribution >= 4 is 44.4 Å². The van der Waals surface area contributed by atoms with Crippen molar-refractivity contribution in [3.8, 4) is 5.75 Å². The maximum absolute atomic E-state index is 12.6. The first-order chi connectivity index (χ1) is 12.1. The van der Waals surface area contributed by atoms with Crippen LogP contribution in [-0.4, -0.2) is 33.2 Å². The van der Waals surface area contributed by atoms with E-state index in [4.69, 9.17) is 4.74 Å². The van der Waals surface area contributed by atoms with Crippen LogP contribution < -0.4 is 10.1 Å². The molecule has 3 aromatic rings. The average Bonchev–Trinajstić information content (AvgIpc) is 3.00. The summed E-state index contributed by atoms with van der Waals surface area (Å²) in [7, 11) is 1.63. The van der Waals surface area contributed by atoms with Gasteiger partial charge in [0.15, 0.2) is 5.13 Å². The molecule has 25 heavy (non-hydrogen) atoms. The number of fused-ring (bicyclic) bond motifs is 1. The third-order valence-corrected chi connectivity index (χ3v) is 5.76. The monoisotopic (exact) mass is 374 g/mol. The van der Waals surface area contributed by atoms with E-state index in [1.807, 2.05) is 38.1 Å². The second-order valence-electron chi connectivity index (χ2n) is 5.35. The van der Waals surface area contributed by atoms with Crippen molar-refractivity contribution in [1.29, 1.82) is 0 Å². The SMILES string of the molecule is CCC(Sc1cc(C)ncn1)C(=O)Nc1nc2ccc(OC)cc2s1. The number of anilines is 1. The molecule has 0 fully saturated rings. The molecule has 0 radical (unpaired) electrons. The Morgan fingerprint density at radius 3 is 2.92 bits per heavy atom. The fraction of sp³-hybridized carbons (Fsp3) is 0.294. The summed E-state index contributed by atoms with van der Waals surface area (Å²) in [6.07, 6.45) is 2.21. The van der Waals surface area contributed by atoms with Gasteiger partial charge in [0.2, 0.25) is 5.91 Å². The van der Waals surface area contributed by atoms with E-state index in [0.29, 0.717) is 11.6 Å². The highest BCUT2D eigenvalue weighted by atomic mass is 32.2. The Kier molecular flexibility index (Phi) is 5.50. The van der Waals surface area contributed by atoms with Crippen LogP contribution in [0.25, 0.3) is 10.2 Å². The minimum Gasteiger partial charge on any atom is -0.497 e. The minimum absolute atomic E-state index is 0.0743. The topological polar surface area (TPSA) is 77.0 Å². The smallest absolute Gasteiger partial charge is 0.239 e. The Labute approximate surface area is 154 Å². The number of thiazole rings is 1. The quantitative estimate of drug-likeness (QED) is 0.521. The molecule has 6 nitrogen and oxygen atoms in total. The number of aromatic nitrogens is 3. The molecule has 8 heteroatoms. The van der Waals surface area contributed by atoms with Gasteiger partial charge in [0.25, 0.3) is 0 Å². The third-order valence-electron chi connectivity index (χ3n) is 3.53. The Morgan fingerprint density at radius 1 is 1.36 bits per heavy atom. The lowest BCUT2D eigenvalue weighted by Gasteiger charge is -2.12. The first-order valence-electron chi connectivity index (χ1n) is 7.79. The molecule has 0 saturated carbocycles. The van der Waals surface area contributed by atoms with Crippen molar-refractivity contribution in [2.45, 2.75) is 30.5 Å². The molecule has 1 aromatic carbocycles. The van der Waals surface area contributed by atoms with Crippen LogP contribution in [0.2, 0.25) is 0 Å². The van der Waals surface area contributed by atoms with Crippen LogP contribution in [0.1, 0.15) is 19.0 Å². The van der Waals surface area contributed by atoms with Gasteiger partial charge in [-0.2, -0.15) is 0 Å². The Balaban J connectivity index is 1.73. The zero-order chi connectivity index (χ0) is 17.8. The molecule has 1 unspecified atom stereocenters. The van der Waals surface area contributed by atoms with Gasteiger partial charge in [0.1, 0.15) is 17.1 Å². The second kappa shape index (κ2) is 7.79. The zero-order valence-electron chi connectivity index (χ0n) is 14.1. The van der Waals surface area contributed by atoms with Gasteiger partial charge >= 0.3 is 0 Å². The summed E-state index contributed by atoms with van der Waals surface area (Å²) in [5.74, 6) is 0.699. The summed E-state index contributed by atoms with van der Waals surface area (Å²) in [4.78, 5) is 25.4. The summed E-state index contributed by atoms with van der Waals surface area (Å²) < 4.78 is 6.19. The van der Waals surface area contributed by atoms with Crippen LogP contribution in [0.3, 0.4) is 0 Å². The van der Waals surface area contributed by atoms with E-state index in [1.165, 1.54) is 29.4 Å². The van der Waals surface area contributed by atoms with Crippen molar-refractivity contribution in [2.75, 3.05) is 12.4 Å². The molecule has 0 spiro atoms. The summed E-state index contributed by atoms with van der Waals surface area (Å²) in [5, 5.41) is 4.06. The molecular formula is C17H18N4O2S2. The number of nitrogens with one attached hydrogen (secondary N) is 1. The summed E-state index contributed by atoms with van der Waals surface area (Å²) >= 11 is 2.87. The standard InChI is InChI=1S/C17H18N4O2S2/c1-4-13(24-15-7-10(2)18-9-19-15)16(22)21-17-20-12-6-5-11(23-3)8-14(12)25-17/h5-9,13H,4H2,1-3H3,(H,20,21,22). The predicted molar refractivity (Wildman–Crippen MR) is 102 cm³/mol. The Hall–Kier alpha value is -2.19. The number of methoxy groups -OCH3 is 1. The lowest BCUT2D eigenvalue weighted by molar-refractivity contribution is -0.115. The number of thioether (sulfide) groups is 1. The predicted octanol–water partition coefficient (Wildman–Crippen LogP) is 3.91. The zero-order valence-corrected chi connectivity index (χ0v) is 15.8. The van der Waals surface area contributed by atoms with Gasteiger partial charge in [-0.15, -0.1) is 0 Å². The molecule has 1 N–H and O–H groups in total. The summed E-state index contributed by atoms with van der Waals surface area (Å²) in [6, 6.07) is 7.54. The molecule has 2 heterocycles. The van der Waals surface area contributed by atoms with Crippen molar-refractivity contribution in [2.24, 2.45) is 0 Å². The molecule has 3 rings (SSSR count). The van der Waals surface area contributed by atoms with E-state index < -0.39 is 0 Å². The number of benzene rings is 1. The molecule has 0 saturated heterocycles. The van der Waals surface area contributed by atoms with Crippen LogP contribution in [0, 0.1) is 6.92 Å². The maximum atomic E-state index is 12.6. The number of aryl methyl sites for hydroxylation is 1. The first-order valence-corrected chi connectivity index (χ1v) is 9.49. The number of hydrogen-bond donors (Lipinski definition) is 1. The average molecular weight is 374 g/mol. The van der Waals surface area contributed by atoms with E-state index in [2.05, 4.69) is 20.3 Å². The van der Waals surface area contributed by atoms with E-state index in [-0.39, 0.29) is 11.2 Å². The molecule has 0 aliphatic heterocycles. The molecule has 0 aliphatic rings. The number of amides is 1. The van der Waals surface area contributed by atoms with Gasteiger partial charge in [0.05, 0.1) is 22.6 Å². The number of carbonyl (C=O) groups excluding carboxylic acids is 1. The number of hydrogen-bond acceptors (Lipinski definition) is 7. The summed E-state index contributed by atoms with van der Waals surface area (Å²) in [6.45, 7) is 3.89. The highest BCUT2D eigenvalue weighted by Crippen LogP contribution is 2.30. The van der Waals surface area contributed by atoms with Crippen LogP contribution in [0.5, 0.6) is 5.75 Å². The van der Waals surface area contributed by atoms with E-state index in [0.717, 1.165) is 26.7 Å². The first kappa shape index (κ1) is 17.6. The number of nitrogens with zero attached hydrogens (tertiary/aromatic N) is 3. The van der Waals surface area contributed by atoms with Gasteiger partial charge in [-0.05, 0) is 37.6 Å². The maximum Gasteiger partial charge on any atom is 0.239 e. The molecule has 130 valence electrons. The molecule has 1 amide bonds. The highest BCUT2D eigenvalue weighted by molar-refractivity contribution is 8.00. The van der Waals surface area contributed by atoms with Gasteiger partial charge in [0, 0.05) is 5.69 Å².